The maximum atomic E-state index is 13.3. The highest BCUT2D eigenvalue weighted by Crippen LogP contribution is 2.38. The molecule has 0 unspecified atom stereocenters. The van der Waals surface area contributed by atoms with Crippen LogP contribution in [0.1, 0.15) is 63.2 Å². The van der Waals surface area contributed by atoms with E-state index in [1.165, 1.54) is 30.3 Å². The fourth-order valence-electron chi connectivity index (χ4n) is 3.75. The first-order valence-electron chi connectivity index (χ1n) is 9.51. The van der Waals surface area contributed by atoms with Gasteiger partial charge in [-0.3, -0.25) is 4.79 Å². The van der Waals surface area contributed by atoms with Gasteiger partial charge >= 0.3 is 0 Å². The Balaban J connectivity index is 1.52. The molecule has 0 bridgehead atoms. The molecule has 1 amide bonds. The number of carbonyl (C=O) groups excluding carboxylic acids is 1. The van der Waals surface area contributed by atoms with Crippen molar-refractivity contribution in [3.05, 3.63) is 24.0 Å². The van der Waals surface area contributed by atoms with Crippen LogP contribution in [-0.4, -0.2) is 47.4 Å². The number of aryl methyl sites for hydroxylation is 1. The molecule has 140 valence electrons. The first kappa shape index (κ1) is 17.6. The SMILES string of the molecule is C[C@H](Sc1nnnn1C1CC1)C(=O)N1CCCCC[C@H]1c1cccn1C. The Kier molecular flexibility index (Phi) is 5.02. The van der Waals surface area contributed by atoms with Gasteiger partial charge in [-0.15, -0.1) is 5.10 Å². The van der Waals surface area contributed by atoms with E-state index in [1.807, 2.05) is 11.6 Å². The van der Waals surface area contributed by atoms with E-state index >= 15 is 0 Å². The van der Waals surface area contributed by atoms with Gasteiger partial charge in [0, 0.05) is 25.5 Å². The molecule has 1 saturated carbocycles. The highest BCUT2D eigenvalue weighted by molar-refractivity contribution is 8.00. The largest absolute Gasteiger partial charge is 0.353 e. The van der Waals surface area contributed by atoms with Gasteiger partial charge < -0.3 is 9.47 Å². The number of nitrogens with zero attached hydrogens (tertiary/aromatic N) is 6. The smallest absolute Gasteiger partial charge is 0.236 e. The summed E-state index contributed by atoms with van der Waals surface area (Å²) in [4.78, 5) is 15.4. The summed E-state index contributed by atoms with van der Waals surface area (Å²) < 4.78 is 4.02. The van der Waals surface area contributed by atoms with E-state index < -0.39 is 0 Å². The van der Waals surface area contributed by atoms with Gasteiger partial charge in [0.05, 0.1) is 17.3 Å². The number of amides is 1. The Hall–Kier alpha value is -1.83. The predicted octanol–water partition coefficient (Wildman–Crippen LogP) is 2.97. The molecule has 0 radical (unpaired) electrons. The summed E-state index contributed by atoms with van der Waals surface area (Å²) in [5.41, 5.74) is 1.22. The Bertz CT molecular complexity index is 767. The number of hydrogen-bond acceptors (Lipinski definition) is 5. The van der Waals surface area contributed by atoms with Gasteiger partial charge in [0.15, 0.2) is 0 Å². The molecule has 7 nitrogen and oxygen atoms in total. The van der Waals surface area contributed by atoms with Crippen LogP contribution in [0.5, 0.6) is 0 Å². The zero-order valence-electron chi connectivity index (χ0n) is 15.4. The molecular weight excluding hydrogens is 348 g/mol. The number of thioether (sulfide) groups is 1. The summed E-state index contributed by atoms with van der Waals surface area (Å²) in [6, 6.07) is 4.78. The quantitative estimate of drug-likeness (QED) is 0.753. The number of hydrogen-bond donors (Lipinski definition) is 0. The molecule has 1 aliphatic heterocycles. The van der Waals surface area contributed by atoms with Gasteiger partial charge in [-0.05, 0) is 55.2 Å². The molecular formula is C18H26N6OS. The van der Waals surface area contributed by atoms with E-state index in [2.05, 4.69) is 50.4 Å². The highest BCUT2D eigenvalue weighted by atomic mass is 32.2. The summed E-state index contributed by atoms with van der Waals surface area (Å²) in [5, 5.41) is 12.6. The van der Waals surface area contributed by atoms with Crippen molar-refractivity contribution < 1.29 is 4.79 Å². The van der Waals surface area contributed by atoms with E-state index in [0.717, 1.165) is 37.4 Å². The minimum Gasteiger partial charge on any atom is -0.353 e. The molecule has 0 aromatic carbocycles. The van der Waals surface area contributed by atoms with Crippen LogP contribution in [0, 0.1) is 0 Å². The first-order valence-corrected chi connectivity index (χ1v) is 10.4. The zero-order valence-corrected chi connectivity index (χ0v) is 16.2. The number of rotatable bonds is 5. The molecule has 26 heavy (non-hydrogen) atoms. The van der Waals surface area contributed by atoms with Crippen LogP contribution in [0.4, 0.5) is 0 Å². The van der Waals surface area contributed by atoms with E-state index in [0.29, 0.717) is 6.04 Å². The van der Waals surface area contributed by atoms with Crippen molar-refractivity contribution in [2.45, 2.75) is 67.9 Å². The molecule has 0 spiro atoms. The molecule has 2 aromatic rings. The predicted molar refractivity (Wildman–Crippen MR) is 99.7 cm³/mol. The molecule has 3 heterocycles. The van der Waals surface area contributed by atoms with Crippen LogP contribution in [-0.2, 0) is 11.8 Å². The third kappa shape index (κ3) is 3.51. The van der Waals surface area contributed by atoms with E-state index in [1.54, 1.807) is 0 Å². The second-order valence-corrected chi connectivity index (χ2v) is 8.65. The number of aromatic nitrogens is 5. The molecule has 2 atom stereocenters. The maximum Gasteiger partial charge on any atom is 0.236 e. The lowest BCUT2D eigenvalue weighted by molar-refractivity contribution is -0.132. The number of carbonyl (C=O) groups is 1. The Labute approximate surface area is 158 Å². The summed E-state index contributed by atoms with van der Waals surface area (Å²) in [6.07, 6.45) is 8.77. The Morgan fingerprint density at radius 3 is 2.85 bits per heavy atom. The van der Waals surface area contributed by atoms with Crippen LogP contribution in [0.25, 0.3) is 0 Å². The highest BCUT2D eigenvalue weighted by Gasteiger charge is 2.33. The fourth-order valence-corrected chi connectivity index (χ4v) is 4.68. The van der Waals surface area contributed by atoms with Crippen molar-refractivity contribution in [3.63, 3.8) is 0 Å². The lowest BCUT2D eigenvalue weighted by atomic mass is 10.1. The standard InChI is InChI=1S/C18H26N6OS/c1-13(26-18-19-20-21-24(18)14-9-10-14)17(25)23-12-5-3-4-7-16(23)15-8-6-11-22(15)2/h6,8,11,13-14,16H,3-5,7,9-10,12H2,1-2H3/t13-,16-/m0/s1. The molecule has 1 aliphatic carbocycles. The molecule has 4 rings (SSSR count). The van der Waals surface area contributed by atoms with Crippen LogP contribution in [0.2, 0.25) is 0 Å². The minimum absolute atomic E-state index is 0.160. The van der Waals surface area contributed by atoms with Crippen LogP contribution in [0.3, 0.4) is 0 Å². The maximum absolute atomic E-state index is 13.3. The van der Waals surface area contributed by atoms with Crippen molar-refractivity contribution in [1.82, 2.24) is 29.7 Å². The topological polar surface area (TPSA) is 68.8 Å². The van der Waals surface area contributed by atoms with Crippen LogP contribution >= 0.6 is 11.8 Å². The van der Waals surface area contributed by atoms with Crippen LogP contribution < -0.4 is 0 Å². The number of likely N-dealkylation sites (tertiary alicyclic amines) is 1. The van der Waals surface area contributed by atoms with E-state index in [-0.39, 0.29) is 17.2 Å². The normalized spacial score (nSPS) is 22.2. The summed E-state index contributed by atoms with van der Waals surface area (Å²) in [6.45, 7) is 2.80. The summed E-state index contributed by atoms with van der Waals surface area (Å²) in [5.74, 6) is 0.188. The van der Waals surface area contributed by atoms with Gasteiger partial charge in [-0.1, -0.05) is 24.6 Å². The molecule has 2 aromatic heterocycles. The van der Waals surface area contributed by atoms with Crippen molar-refractivity contribution in [2.75, 3.05) is 6.54 Å². The van der Waals surface area contributed by atoms with Crippen LogP contribution in [0.15, 0.2) is 23.5 Å². The van der Waals surface area contributed by atoms with Crippen molar-refractivity contribution in [3.8, 4) is 0 Å². The van der Waals surface area contributed by atoms with Crippen molar-refractivity contribution in [2.24, 2.45) is 7.05 Å². The molecule has 1 saturated heterocycles. The Morgan fingerprint density at radius 1 is 1.27 bits per heavy atom. The number of tetrazole rings is 1. The zero-order chi connectivity index (χ0) is 18.1. The molecule has 2 aliphatic rings. The first-order chi connectivity index (χ1) is 12.6. The second kappa shape index (κ2) is 7.42. The molecule has 2 fully saturated rings. The van der Waals surface area contributed by atoms with E-state index in [4.69, 9.17) is 0 Å². The molecule has 0 N–H and O–H groups in total. The van der Waals surface area contributed by atoms with Crippen molar-refractivity contribution >= 4 is 17.7 Å². The van der Waals surface area contributed by atoms with E-state index in [9.17, 15) is 4.79 Å². The minimum atomic E-state index is -0.195. The Morgan fingerprint density at radius 2 is 2.12 bits per heavy atom. The lowest BCUT2D eigenvalue weighted by Gasteiger charge is -2.32. The average Bonchev–Trinajstić information content (AvgIpc) is 3.31. The van der Waals surface area contributed by atoms with Gasteiger partial charge in [0.1, 0.15) is 0 Å². The van der Waals surface area contributed by atoms with Crippen molar-refractivity contribution in [1.29, 1.82) is 0 Å². The summed E-state index contributed by atoms with van der Waals surface area (Å²) >= 11 is 1.49. The summed E-state index contributed by atoms with van der Waals surface area (Å²) in [7, 11) is 2.06. The second-order valence-electron chi connectivity index (χ2n) is 7.34. The molecule has 8 heteroatoms. The third-order valence-electron chi connectivity index (χ3n) is 5.35. The third-order valence-corrected chi connectivity index (χ3v) is 6.38. The van der Waals surface area contributed by atoms with Gasteiger partial charge in [0.25, 0.3) is 0 Å². The van der Waals surface area contributed by atoms with Gasteiger partial charge in [0.2, 0.25) is 11.1 Å². The fraction of sp³-hybridized carbons (Fsp3) is 0.667. The average molecular weight is 375 g/mol. The van der Waals surface area contributed by atoms with Gasteiger partial charge in [-0.2, -0.15) is 0 Å². The lowest BCUT2D eigenvalue weighted by Crippen LogP contribution is -2.40. The monoisotopic (exact) mass is 374 g/mol. The van der Waals surface area contributed by atoms with Gasteiger partial charge in [-0.25, -0.2) is 4.68 Å².